The average molecular weight is 173 g/mol. The van der Waals surface area contributed by atoms with E-state index in [1.165, 1.54) is 19.8 Å². The van der Waals surface area contributed by atoms with Gasteiger partial charge in [-0.1, -0.05) is 13.3 Å². The number of carbonyl (C=O) groups is 1. The third kappa shape index (κ3) is 9.43. The third-order valence-electron chi connectivity index (χ3n) is 1.51. The molecule has 0 aliphatic rings. The predicted molar refractivity (Wildman–Crippen MR) is 49.0 cm³/mol. The van der Waals surface area contributed by atoms with E-state index in [-0.39, 0.29) is 5.97 Å². The van der Waals surface area contributed by atoms with Crippen molar-refractivity contribution in [2.45, 2.75) is 33.1 Å². The van der Waals surface area contributed by atoms with Crippen LogP contribution in [-0.4, -0.2) is 25.7 Å². The Morgan fingerprint density at radius 1 is 1.33 bits per heavy atom. The number of nitrogens with one attached hydrogen (secondary N) is 1. The van der Waals surface area contributed by atoms with E-state index in [9.17, 15) is 4.79 Å². The van der Waals surface area contributed by atoms with Crippen LogP contribution in [0.5, 0.6) is 0 Å². The molecule has 0 amide bonds. The molecule has 3 heteroatoms. The van der Waals surface area contributed by atoms with E-state index in [0.29, 0.717) is 6.61 Å². The van der Waals surface area contributed by atoms with Crippen LogP contribution in [0, 0.1) is 0 Å². The lowest BCUT2D eigenvalue weighted by atomic mass is 10.3. The van der Waals surface area contributed by atoms with Gasteiger partial charge in [0.05, 0.1) is 6.61 Å². The van der Waals surface area contributed by atoms with Gasteiger partial charge in [0.1, 0.15) is 0 Å². The van der Waals surface area contributed by atoms with Crippen molar-refractivity contribution < 1.29 is 9.53 Å². The highest BCUT2D eigenvalue weighted by molar-refractivity contribution is 5.65. The van der Waals surface area contributed by atoms with Crippen LogP contribution in [0.1, 0.15) is 33.1 Å². The van der Waals surface area contributed by atoms with Crippen molar-refractivity contribution >= 4 is 5.97 Å². The van der Waals surface area contributed by atoms with Gasteiger partial charge in [-0.05, 0) is 25.9 Å². The van der Waals surface area contributed by atoms with Gasteiger partial charge < -0.3 is 10.1 Å². The maximum atomic E-state index is 10.3. The summed E-state index contributed by atoms with van der Waals surface area (Å²) < 4.78 is 4.77. The maximum Gasteiger partial charge on any atom is 0.302 e. The minimum atomic E-state index is -0.191. The largest absolute Gasteiger partial charge is 0.466 e. The molecule has 0 atom stereocenters. The minimum Gasteiger partial charge on any atom is -0.466 e. The van der Waals surface area contributed by atoms with Crippen LogP contribution in [0.3, 0.4) is 0 Å². The lowest BCUT2D eigenvalue weighted by molar-refractivity contribution is -0.141. The summed E-state index contributed by atoms with van der Waals surface area (Å²) >= 11 is 0. The van der Waals surface area contributed by atoms with Gasteiger partial charge in [0.25, 0.3) is 0 Å². The van der Waals surface area contributed by atoms with Gasteiger partial charge in [-0.3, -0.25) is 4.79 Å². The summed E-state index contributed by atoms with van der Waals surface area (Å²) in [5.41, 5.74) is 0. The lowest BCUT2D eigenvalue weighted by Crippen LogP contribution is -2.18. The van der Waals surface area contributed by atoms with Crippen molar-refractivity contribution in [2.24, 2.45) is 0 Å². The molecule has 0 fully saturated rings. The van der Waals surface area contributed by atoms with Gasteiger partial charge in [0.2, 0.25) is 0 Å². The Balaban J connectivity index is 2.86. The predicted octanol–water partition coefficient (Wildman–Crippen LogP) is 1.33. The summed E-state index contributed by atoms with van der Waals surface area (Å²) in [6.45, 7) is 6.14. The summed E-state index contributed by atoms with van der Waals surface area (Å²) in [5, 5.41) is 3.27. The van der Waals surface area contributed by atoms with Crippen LogP contribution in [0.4, 0.5) is 0 Å². The molecule has 0 bridgehead atoms. The first-order chi connectivity index (χ1) is 5.77. The monoisotopic (exact) mass is 173 g/mol. The van der Waals surface area contributed by atoms with Gasteiger partial charge in [0.15, 0.2) is 0 Å². The van der Waals surface area contributed by atoms with E-state index in [1.54, 1.807) is 0 Å². The van der Waals surface area contributed by atoms with Gasteiger partial charge in [-0.15, -0.1) is 0 Å². The number of rotatable bonds is 7. The summed E-state index contributed by atoms with van der Waals surface area (Å²) in [4.78, 5) is 10.3. The number of esters is 1. The van der Waals surface area contributed by atoms with Gasteiger partial charge in [-0.2, -0.15) is 0 Å². The number of carbonyl (C=O) groups excluding carboxylic acids is 1. The molecule has 0 radical (unpaired) electrons. The quantitative estimate of drug-likeness (QED) is 0.466. The Morgan fingerprint density at radius 2 is 2.00 bits per heavy atom. The highest BCUT2D eigenvalue weighted by atomic mass is 16.5. The topological polar surface area (TPSA) is 38.3 Å². The Labute approximate surface area is 74.5 Å². The lowest BCUT2D eigenvalue weighted by Gasteiger charge is -2.03. The molecule has 0 aromatic rings. The summed E-state index contributed by atoms with van der Waals surface area (Å²) in [6.07, 6.45) is 3.34. The van der Waals surface area contributed by atoms with Crippen molar-refractivity contribution in [2.75, 3.05) is 19.7 Å². The molecule has 0 saturated heterocycles. The molecule has 3 nitrogen and oxygen atoms in total. The first kappa shape index (κ1) is 11.4. The minimum absolute atomic E-state index is 0.191. The normalized spacial score (nSPS) is 9.83. The van der Waals surface area contributed by atoms with E-state index in [2.05, 4.69) is 12.2 Å². The van der Waals surface area contributed by atoms with E-state index >= 15 is 0 Å². The maximum absolute atomic E-state index is 10.3. The van der Waals surface area contributed by atoms with Crippen molar-refractivity contribution in [3.8, 4) is 0 Å². The zero-order valence-corrected chi connectivity index (χ0v) is 8.06. The molecule has 12 heavy (non-hydrogen) atoms. The molecular formula is C9H19NO2. The smallest absolute Gasteiger partial charge is 0.302 e. The fourth-order valence-electron chi connectivity index (χ4n) is 0.840. The fraction of sp³-hybridized carbons (Fsp3) is 0.889. The van der Waals surface area contributed by atoms with E-state index in [4.69, 9.17) is 4.74 Å². The van der Waals surface area contributed by atoms with Crippen LogP contribution in [0.15, 0.2) is 0 Å². The molecule has 0 aliphatic carbocycles. The molecule has 0 heterocycles. The van der Waals surface area contributed by atoms with Crippen molar-refractivity contribution in [3.63, 3.8) is 0 Å². The molecule has 72 valence electrons. The Morgan fingerprint density at radius 3 is 2.58 bits per heavy atom. The van der Waals surface area contributed by atoms with E-state index in [0.717, 1.165) is 19.5 Å². The zero-order valence-electron chi connectivity index (χ0n) is 8.06. The molecule has 0 aromatic heterocycles. The Kier molecular flexibility index (Phi) is 8.12. The highest BCUT2D eigenvalue weighted by Gasteiger charge is 1.91. The second-order valence-corrected chi connectivity index (χ2v) is 2.80. The van der Waals surface area contributed by atoms with Crippen molar-refractivity contribution in [1.29, 1.82) is 0 Å². The van der Waals surface area contributed by atoms with Crippen LogP contribution < -0.4 is 5.32 Å². The molecule has 0 aliphatic heterocycles. The highest BCUT2D eigenvalue weighted by Crippen LogP contribution is 1.84. The van der Waals surface area contributed by atoms with Gasteiger partial charge >= 0.3 is 5.97 Å². The summed E-state index contributed by atoms with van der Waals surface area (Å²) in [7, 11) is 0. The molecule has 0 spiro atoms. The Hall–Kier alpha value is -0.570. The van der Waals surface area contributed by atoms with Gasteiger partial charge in [-0.25, -0.2) is 0 Å². The molecule has 0 unspecified atom stereocenters. The van der Waals surface area contributed by atoms with Crippen molar-refractivity contribution in [3.05, 3.63) is 0 Å². The van der Waals surface area contributed by atoms with Crippen LogP contribution in [0.25, 0.3) is 0 Å². The molecule has 0 rings (SSSR count). The van der Waals surface area contributed by atoms with Crippen LogP contribution in [0.2, 0.25) is 0 Å². The van der Waals surface area contributed by atoms with E-state index in [1.807, 2.05) is 0 Å². The summed E-state index contributed by atoms with van der Waals surface area (Å²) in [5.74, 6) is -0.191. The van der Waals surface area contributed by atoms with Crippen molar-refractivity contribution in [1.82, 2.24) is 5.32 Å². The first-order valence-electron chi connectivity index (χ1n) is 4.61. The van der Waals surface area contributed by atoms with Gasteiger partial charge in [0, 0.05) is 6.92 Å². The van der Waals surface area contributed by atoms with Crippen LogP contribution in [-0.2, 0) is 9.53 Å². The number of hydrogen-bond donors (Lipinski definition) is 1. The third-order valence-corrected chi connectivity index (χ3v) is 1.51. The first-order valence-corrected chi connectivity index (χ1v) is 4.61. The van der Waals surface area contributed by atoms with Crippen LogP contribution >= 0.6 is 0 Å². The molecular weight excluding hydrogens is 154 g/mol. The second-order valence-electron chi connectivity index (χ2n) is 2.80. The fourth-order valence-corrected chi connectivity index (χ4v) is 0.840. The molecule has 0 aromatic carbocycles. The SMILES string of the molecule is CCCCNCCCOC(C)=O. The zero-order chi connectivity index (χ0) is 9.23. The summed E-state index contributed by atoms with van der Waals surface area (Å²) in [6, 6.07) is 0. The Bertz CT molecular complexity index is 115. The number of hydrogen-bond acceptors (Lipinski definition) is 3. The molecule has 0 saturated carbocycles. The standard InChI is InChI=1S/C9H19NO2/c1-3-4-6-10-7-5-8-12-9(2)11/h10H,3-8H2,1-2H3. The number of unbranched alkanes of at least 4 members (excludes halogenated alkanes) is 1. The van der Waals surface area contributed by atoms with E-state index < -0.39 is 0 Å². The second kappa shape index (κ2) is 8.53. The molecule has 1 N–H and O–H groups in total. The number of ether oxygens (including phenoxy) is 1. The average Bonchev–Trinajstić information content (AvgIpc) is 2.02.